The van der Waals surface area contributed by atoms with Crippen LogP contribution in [0.15, 0.2) is 0 Å². The molecular formula is C12H26N2O. The molecule has 0 aromatic rings. The van der Waals surface area contributed by atoms with E-state index in [4.69, 9.17) is 5.11 Å². The number of rotatable bonds is 6. The van der Waals surface area contributed by atoms with E-state index < -0.39 is 0 Å². The van der Waals surface area contributed by atoms with Crippen LogP contribution in [0.3, 0.4) is 0 Å². The molecule has 0 spiro atoms. The Balaban J connectivity index is 2.03. The van der Waals surface area contributed by atoms with Gasteiger partial charge >= 0.3 is 0 Å². The van der Waals surface area contributed by atoms with Crippen molar-refractivity contribution in [2.75, 3.05) is 32.8 Å². The molecule has 1 unspecified atom stereocenters. The van der Waals surface area contributed by atoms with Gasteiger partial charge < -0.3 is 15.3 Å². The minimum absolute atomic E-state index is 0.374. The molecule has 0 amide bonds. The van der Waals surface area contributed by atoms with Gasteiger partial charge in [0, 0.05) is 25.7 Å². The van der Waals surface area contributed by atoms with E-state index in [1.807, 2.05) is 0 Å². The molecule has 0 aliphatic carbocycles. The van der Waals surface area contributed by atoms with Gasteiger partial charge in [0.05, 0.1) is 0 Å². The van der Waals surface area contributed by atoms with Crippen molar-refractivity contribution in [1.29, 1.82) is 0 Å². The van der Waals surface area contributed by atoms with E-state index in [-0.39, 0.29) is 0 Å². The summed E-state index contributed by atoms with van der Waals surface area (Å²) >= 11 is 0. The van der Waals surface area contributed by atoms with Crippen LogP contribution in [-0.4, -0.2) is 48.8 Å². The normalized spacial score (nSPS) is 21.8. The highest BCUT2D eigenvalue weighted by molar-refractivity contribution is 4.72. The molecule has 1 fully saturated rings. The summed E-state index contributed by atoms with van der Waals surface area (Å²) in [4.78, 5) is 2.50. The van der Waals surface area contributed by atoms with Crippen LogP contribution in [0.2, 0.25) is 0 Å². The Morgan fingerprint density at radius 3 is 2.60 bits per heavy atom. The number of nitrogens with one attached hydrogen (secondary N) is 1. The summed E-state index contributed by atoms with van der Waals surface area (Å²) in [5, 5.41) is 12.5. The lowest BCUT2D eigenvalue weighted by Gasteiger charge is -2.31. The van der Waals surface area contributed by atoms with Crippen LogP contribution < -0.4 is 5.32 Å². The van der Waals surface area contributed by atoms with Gasteiger partial charge in [0.25, 0.3) is 0 Å². The third-order valence-corrected chi connectivity index (χ3v) is 3.50. The Bertz CT molecular complexity index is 156. The van der Waals surface area contributed by atoms with E-state index in [0.29, 0.717) is 18.6 Å². The largest absolute Gasteiger partial charge is 0.396 e. The highest BCUT2D eigenvalue weighted by atomic mass is 16.3. The molecular weight excluding hydrogens is 188 g/mol. The van der Waals surface area contributed by atoms with Crippen LogP contribution >= 0.6 is 0 Å². The van der Waals surface area contributed by atoms with Crippen LogP contribution in [0.4, 0.5) is 0 Å². The fourth-order valence-corrected chi connectivity index (χ4v) is 2.01. The van der Waals surface area contributed by atoms with Crippen molar-refractivity contribution < 1.29 is 5.11 Å². The number of nitrogens with zero attached hydrogens (tertiary/aromatic N) is 1. The lowest BCUT2D eigenvalue weighted by atomic mass is 9.98. The van der Waals surface area contributed by atoms with E-state index in [1.54, 1.807) is 0 Å². The van der Waals surface area contributed by atoms with Gasteiger partial charge in [-0.25, -0.2) is 0 Å². The summed E-state index contributed by atoms with van der Waals surface area (Å²) in [5.41, 5.74) is 0. The molecule has 0 aromatic carbocycles. The lowest BCUT2D eigenvalue weighted by molar-refractivity contribution is 0.131. The predicted molar refractivity (Wildman–Crippen MR) is 64.0 cm³/mol. The molecule has 0 saturated carbocycles. The molecule has 3 heteroatoms. The molecule has 0 bridgehead atoms. The molecule has 1 saturated heterocycles. The fourth-order valence-electron chi connectivity index (χ4n) is 2.01. The van der Waals surface area contributed by atoms with Gasteiger partial charge in [0.1, 0.15) is 0 Å². The van der Waals surface area contributed by atoms with Gasteiger partial charge in [-0.05, 0) is 45.2 Å². The van der Waals surface area contributed by atoms with Gasteiger partial charge in [-0.15, -0.1) is 0 Å². The quantitative estimate of drug-likeness (QED) is 0.694. The van der Waals surface area contributed by atoms with Crippen molar-refractivity contribution >= 4 is 0 Å². The maximum atomic E-state index is 9.03. The Hall–Kier alpha value is -0.120. The smallest absolute Gasteiger partial charge is 0.0460 e. The SMILES string of the molecule is CCC(C)NCCN1CCC(CO)CC1. The molecule has 0 radical (unpaired) electrons. The molecule has 2 N–H and O–H groups in total. The zero-order valence-corrected chi connectivity index (χ0v) is 10.2. The number of likely N-dealkylation sites (tertiary alicyclic amines) is 1. The third-order valence-electron chi connectivity index (χ3n) is 3.50. The molecule has 1 aliphatic heterocycles. The summed E-state index contributed by atoms with van der Waals surface area (Å²) < 4.78 is 0. The Morgan fingerprint density at radius 2 is 2.07 bits per heavy atom. The fraction of sp³-hybridized carbons (Fsp3) is 1.00. The number of aliphatic hydroxyl groups is 1. The number of piperidine rings is 1. The van der Waals surface area contributed by atoms with Crippen molar-refractivity contribution in [3.63, 3.8) is 0 Å². The Morgan fingerprint density at radius 1 is 1.40 bits per heavy atom. The Kier molecular flexibility index (Phi) is 6.22. The molecule has 1 heterocycles. The van der Waals surface area contributed by atoms with E-state index in [2.05, 4.69) is 24.1 Å². The van der Waals surface area contributed by atoms with Gasteiger partial charge in [0.15, 0.2) is 0 Å². The van der Waals surface area contributed by atoms with Crippen LogP contribution in [0.25, 0.3) is 0 Å². The maximum absolute atomic E-state index is 9.03. The minimum Gasteiger partial charge on any atom is -0.396 e. The van der Waals surface area contributed by atoms with E-state index in [9.17, 15) is 0 Å². The number of hydrogen-bond acceptors (Lipinski definition) is 3. The number of hydrogen-bond donors (Lipinski definition) is 2. The summed E-state index contributed by atoms with van der Waals surface area (Å²) in [6.07, 6.45) is 3.53. The maximum Gasteiger partial charge on any atom is 0.0460 e. The van der Waals surface area contributed by atoms with Crippen molar-refractivity contribution in [1.82, 2.24) is 10.2 Å². The molecule has 1 aliphatic rings. The van der Waals surface area contributed by atoms with Gasteiger partial charge in [-0.2, -0.15) is 0 Å². The van der Waals surface area contributed by atoms with Crippen LogP contribution in [0, 0.1) is 5.92 Å². The first-order valence-corrected chi connectivity index (χ1v) is 6.32. The van der Waals surface area contributed by atoms with Crippen molar-refractivity contribution in [2.45, 2.75) is 39.2 Å². The molecule has 1 atom stereocenters. The zero-order valence-electron chi connectivity index (χ0n) is 10.2. The van der Waals surface area contributed by atoms with E-state index >= 15 is 0 Å². The van der Waals surface area contributed by atoms with E-state index in [1.165, 1.54) is 19.3 Å². The third kappa shape index (κ3) is 4.96. The molecule has 1 rings (SSSR count). The van der Waals surface area contributed by atoms with Gasteiger partial charge in [-0.1, -0.05) is 6.92 Å². The average molecular weight is 214 g/mol. The minimum atomic E-state index is 0.374. The summed E-state index contributed by atoms with van der Waals surface area (Å²) in [5.74, 6) is 0.559. The molecule has 3 nitrogen and oxygen atoms in total. The second-order valence-electron chi connectivity index (χ2n) is 4.73. The van der Waals surface area contributed by atoms with Crippen LogP contribution in [0.5, 0.6) is 0 Å². The highest BCUT2D eigenvalue weighted by Gasteiger charge is 2.17. The van der Waals surface area contributed by atoms with Crippen LogP contribution in [0.1, 0.15) is 33.1 Å². The van der Waals surface area contributed by atoms with Crippen molar-refractivity contribution in [3.8, 4) is 0 Å². The average Bonchev–Trinajstić information content (AvgIpc) is 2.29. The van der Waals surface area contributed by atoms with Crippen LogP contribution in [-0.2, 0) is 0 Å². The Labute approximate surface area is 93.9 Å². The van der Waals surface area contributed by atoms with Crippen molar-refractivity contribution in [2.24, 2.45) is 5.92 Å². The highest BCUT2D eigenvalue weighted by Crippen LogP contribution is 2.15. The second kappa shape index (κ2) is 7.20. The standard InChI is InChI=1S/C12H26N2O/c1-3-11(2)13-6-9-14-7-4-12(10-15)5-8-14/h11-13,15H,3-10H2,1-2H3. The van der Waals surface area contributed by atoms with Gasteiger partial charge in [0.2, 0.25) is 0 Å². The zero-order chi connectivity index (χ0) is 11.1. The topological polar surface area (TPSA) is 35.5 Å². The molecule has 0 aromatic heterocycles. The van der Waals surface area contributed by atoms with Gasteiger partial charge in [-0.3, -0.25) is 0 Å². The first-order chi connectivity index (χ1) is 7.26. The molecule has 15 heavy (non-hydrogen) atoms. The second-order valence-corrected chi connectivity index (χ2v) is 4.73. The summed E-state index contributed by atoms with van der Waals surface area (Å²) in [6.45, 7) is 9.39. The lowest BCUT2D eigenvalue weighted by Crippen LogP contribution is -2.40. The van der Waals surface area contributed by atoms with Crippen molar-refractivity contribution in [3.05, 3.63) is 0 Å². The number of aliphatic hydroxyl groups excluding tert-OH is 1. The summed E-state index contributed by atoms with van der Waals surface area (Å²) in [7, 11) is 0. The molecule has 90 valence electrons. The predicted octanol–water partition coefficient (Wildman–Crippen LogP) is 1.08. The van der Waals surface area contributed by atoms with E-state index in [0.717, 1.165) is 26.2 Å². The monoisotopic (exact) mass is 214 g/mol. The first-order valence-electron chi connectivity index (χ1n) is 6.32. The first kappa shape index (κ1) is 12.9. The summed E-state index contributed by atoms with van der Waals surface area (Å²) in [6, 6.07) is 0.639.